The minimum atomic E-state index is -0.483. The van der Waals surface area contributed by atoms with Gasteiger partial charge in [-0.2, -0.15) is 0 Å². The molecule has 0 fully saturated rings. The molecule has 1 N–H and O–H groups in total. The zero-order chi connectivity index (χ0) is 14.5. The van der Waals surface area contributed by atoms with Gasteiger partial charge < -0.3 is 10.1 Å². The molecule has 6 nitrogen and oxygen atoms in total. The highest BCUT2D eigenvalue weighted by atomic mass is 35.5. The van der Waals surface area contributed by atoms with Gasteiger partial charge in [-0.05, 0) is 17.7 Å². The van der Waals surface area contributed by atoms with Crippen LogP contribution in [0.5, 0.6) is 5.88 Å². The Balaban J connectivity index is 2.08. The first kappa shape index (κ1) is 14.1. The quantitative estimate of drug-likeness (QED) is 0.676. The predicted molar refractivity (Wildman–Crippen MR) is 76.2 cm³/mol. The molecule has 0 radical (unpaired) electrons. The van der Waals surface area contributed by atoms with Crippen LogP contribution < -0.4 is 10.1 Å². The van der Waals surface area contributed by atoms with Crippen LogP contribution in [0.4, 0.5) is 11.4 Å². The summed E-state index contributed by atoms with van der Waals surface area (Å²) < 4.78 is 5.03. The smallest absolute Gasteiger partial charge is 0.271 e. The number of ether oxygens (including phenoxy) is 1. The standard InChI is InChI=1S/C13H12ClN3O3/c1-20-13-6-9(4-5-15-13)8-16-12-3-2-10(17(18)19)7-11(12)14/h2-7,16H,8H2,1H3. The first-order valence-corrected chi connectivity index (χ1v) is 6.14. The number of nitrogens with zero attached hydrogens (tertiary/aromatic N) is 2. The number of hydrogen-bond donors (Lipinski definition) is 1. The second kappa shape index (κ2) is 6.21. The first-order valence-electron chi connectivity index (χ1n) is 5.77. The molecule has 0 aliphatic rings. The van der Waals surface area contributed by atoms with Crippen LogP contribution in [-0.4, -0.2) is 17.0 Å². The van der Waals surface area contributed by atoms with Crippen LogP contribution in [0, 0.1) is 10.1 Å². The number of hydrogen-bond acceptors (Lipinski definition) is 5. The number of methoxy groups -OCH3 is 1. The normalized spacial score (nSPS) is 10.1. The molecule has 7 heteroatoms. The Bertz CT molecular complexity index is 634. The number of rotatable bonds is 5. The molecule has 20 heavy (non-hydrogen) atoms. The van der Waals surface area contributed by atoms with Crippen molar-refractivity contribution in [3.8, 4) is 5.88 Å². The van der Waals surface area contributed by atoms with Crippen LogP contribution in [0.1, 0.15) is 5.56 Å². The summed E-state index contributed by atoms with van der Waals surface area (Å²) >= 11 is 5.99. The summed E-state index contributed by atoms with van der Waals surface area (Å²) in [6, 6.07) is 7.94. The van der Waals surface area contributed by atoms with E-state index < -0.39 is 4.92 Å². The lowest BCUT2D eigenvalue weighted by Crippen LogP contribution is -2.01. The Hall–Kier alpha value is -2.34. The fourth-order valence-electron chi connectivity index (χ4n) is 1.63. The molecule has 0 saturated heterocycles. The topological polar surface area (TPSA) is 77.3 Å². The molecular weight excluding hydrogens is 282 g/mol. The molecule has 2 rings (SSSR count). The number of aromatic nitrogens is 1. The first-order chi connectivity index (χ1) is 9.60. The van der Waals surface area contributed by atoms with Gasteiger partial charge in [0.15, 0.2) is 0 Å². The van der Waals surface area contributed by atoms with E-state index in [1.165, 1.54) is 12.1 Å². The number of halogens is 1. The van der Waals surface area contributed by atoms with E-state index in [9.17, 15) is 10.1 Å². The zero-order valence-corrected chi connectivity index (χ0v) is 11.4. The molecule has 0 spiro atoms. The minimum absolute atomic E-state index is 0.0360. The van der Waals surface area contributed by atoms with E-state index in [-0.39, 0.29) is 5.69 Å². The van der Waals surface area contributed by atoms with Gasteiger partial charge in [0, 0.05) is 30.9 Å². The van der Waals surface area contributed by atoms with E-state index in [0.717, 1.165) is 5.56 Å². The number of nitro benzene ring substituents is 1. The lowest BCUT2D eigenvalue weighted by atomic mass is 10.2. The molecule has 0 saturated carbocycles. The molecular formula is C13H12ClN3O3. The second-order valence-electron chi connectivity index (χ2n) is 3.98. The van der Waals surface area contributed by atoms with Gasteiger partial charge in [0.25, 0.3) is 5.69 Å². The van der Waals surface area contributed by atoms with Crippen LogP contribution in [-0.2, 0) is 6.54 Å². The highest BCUT2D eigenvalue weighted by Crippen LogP contribution is 2.27. The van der Waals surface area contributed by atoms with Crippen molar-refractivity contribution in [3.05, 3.63) is 57.2 Å². The van der Waals surface area contributed by atoms with Gasteiger partial charge in [-0.15, -0.1) is 0 Å². The number of nitro groups is 1. The van der Waals surface area contributed by atoms with E-state index in [0.29, 0.717) is 23.1 Å². The van der Waals surface area contributed by atoms with Gasteiger partial charge in [0.05, 0.1) is 22.7 Å². The Labute approximate surface area is 120 Å². The predicted octanol–water partition coefficient (Wildman–Crippen LogP) is 3.26. The molecule has 0 unspecified atom stereocenters. The van der Waals surface area contributed by atoms with E-state index in [1.807, 2.05) is 6.07 Å². The van der Waals surface area contributed by atoms with Crippen molar-refractivity contribution in [1.29, 1.82) is 0 Å². The number of non-ortho nitro benzene ring substituents is 1. The molecule has 0 bridgehead atoms. The van der Waals surface area contributed by atoms with Crippen LogP contribution >= 0.6 is 11.6 Å². The minimum Gasteiger partial charge on any atom is -0.481 e. The van der Waals surface area contributed by atoms with Gasteiger partial charge in [-0.3, -0.25) is 10.1 Å². The Morgan fingerprint density at radius 2 is 2.20 bits per heavy atom. The molecule has 1 aromatic carbocycles. The Morgan fingerprint density at radius 3 is 2.85 bits per heavy atom. The van der Waals surface area contributed by atoms with Crippen molar-refractivity contribution < 1.29 is 9.66 Å². The number of anilines is 1. The molecule has 0 amide bonds. The van der Waals surface area contributed by atoms with Crippen molar-refractivity contribution in [2.45, 2.75) is 6.54 Å². The Morgan fingerprint density at radius 1 is 1.40 bits per heavy atom. The fourth-order valence-corrected chi connectivity index (χ4v) is 1.87. The van der Waals surface area contributed by atoms with Crippen molar-refractivity contribution in [2.75, 3.05) is 12.4 Å². The van der Waals surface area contributed by atoms with E-state index >= 15 is 0 Å². The van der Waals surface area contributed by atoms with Gasteiger partial charge in [0.1, 0.15) is 0 Å². The number of pyridine rings is 1. The summed E-state index contributed by atoms with van der Waals surface area (Å²) in [7, 11) is 1.55. The third kappa shape index (κ3) is 3.36. The highest BCUT2D eigenvalue weighted by molar-refractivity contribution is 6.33. The SMILES string of the molecule is COc1cc(CNc2ccc([N+](=O)[O-])cc2Cl)ccn1. The third-order valence-electron chi connectivity index (χ3n) is 2.65. The van der Waals surface area contributed by atoms with Crippen molar-refractivity contribution >= 4 is 23.0 Å². The molecule has 0 aliphatic heterocycles. The summed E-state index contributed by atoms with van der Waals surface area (Å²) in [5.41, 5.74) is 1.56. The summed E-state index contributed by atoms with van der Waals surface area (Å²) in [5.74, 6) is 0.527. The van der Waals surface area contributed by atoms with Gasteiger partial charge in [-0.25, -0.2) is 4.98 Å². The average Bonchev–Trinajstić information content (AvgIpc) is 2.46. The van der Waals surface area contributed by atoms with Crippen LogP contribution in [0.2, 0.25) is 5.02 Å². The maximum Gasteiger partial charge on any atom is 0.271 e. The van der Waals surface area contributed by atoms with Gasteiger partial charge in [-0.1, -0.05) is 11.6 Å². The summed E-state index contributed by atoms with van der Waals surface area (Å²) in [6.45, 7) is 0.510. The molecule has 0 aliphatic carbocycles. The van der Waals surface area contributed by atoms with Gasteiger partial charge in [0.2, 0.25) is 5.88 Å². The monoisotopic (exact) mass is 293 g/mol. The lowest BCUT2D eigenvalue weighted by molar-refractivity contribution is -0.384. The van der Waals surface area contributed by atoms with Crippen LogP contribution in [0.3, 0.4) is 0 Å². The molecule has 1 aromatic heterocycles. The maximum atomic E-state index is 10.6. The van der Waals surface area contributed by atoms with Crippen LogP contribution in [0.15, 0.2) is 36.5 Å². The fraction of sp³-hybridized carbons (Fsp3) is 0.154. The van der Waals surface area contributed by atoms with E-state index in [4.69, 9.17) is 16.3 Å². The summed E-state index contributed by atoms with van der Waals surface area (Å²) in [6.07, 6.45) is 1.65. The molecule has 1 heterocycles. The Kier molecular flexibility index (Phi) is 4.37. The maximum absolute atomic E-state index is 10.6. The third-order valence-corrected chi connectivity index (χ3v) is 2.97. The molecule has 104 valence electrons. The van der Waals surface area contributed by atoms with Crippen molar-refractivity contribution in [2.24, 2.45) is 0 Å². The molecule has 0 atom stereocenters. The van der Waals surface area contributed by atoms with E-state index in [1.54, 1.807) is 25.4 Å². The number of benzene rings is 1. The summed E-state index contributed by atoms with van der Waals surface area (Å²) in [4.78, 5) is 14.1. The van der Waals surface area contributed by atoms with Crippen molar-refractivity contribution in [3.63, 3.8) is 0 Å². The highest BCUT2D eigenvalue weighted by Gasteiger charge is 2.09. The average molecular weight is 294 g/mol. The summed E-state index contributed by atoms with van der Waals surface area (Å²) in [5, 5.41) is 14.0. The van der Waals surface area contributed by atoms with Gasteiger partial charge >= 0.3 is 0 Å². The largest absolute Gasteiger partial charge is 0.481 e. The lowest BCUT2D eigenvalue weighted by Gasteiger charge is -2.09. The zero-order valence-electron chi connectivity index (χ0n) is 10.7. The molecule has 2 aromatic rings. The number of nitrogens with one attached hydrogen (secondary N) is 1. The van der Waals surface area contributed by atoms with E-state index in [2.05, 4.69) is 10.3 Å². The van der Waals surface area contributed by atoms with Crippen molar-refractivity contribution in [1.82, 2.24) is 4.98 Å². The second-order valence-corrected chi connectivity index (χ2v) is 4.39. The van der Waals surface area contributed by atoms with Crippen LogP contribution in [0.25, 0.3) is 0 Å².